The fraction of sp³-hybridized carbons (Fsp3) is 0.769. The largest absolute Gasteiger partial charge is 0.498 e. The second-order valence-electron chi connectivity index (χ2n) is 6.44. The SMILES string of the molecule is CC(C)C1(C)OB(c2cn(C)nc2C(F)(F)F)OC1(C)C. The number of aromatic nitrogens is 2. The van der Waals surface area contributed by atoms with E-state index in [0.717, 1.165) is 4.68 Å². The van der Waals surface area contributed by atoms with E-state index in [1.165, 1.54) is 13.2 Å². The summed E-state index contributed by atoms with van der Waals surface area (Å²) in [6.07, 6.45) is -3.24. The molecule has 0 aromatic carbocycles. The normalized spacial score (nSPS) is 25.9. The van der Waals surface area contributed by atoms with Gasteiger partial charge in [0.05, 0.1) is 11.2 Å². The zero-order valence-electron chi connectivity index (χ0n) is 13.1. The first-order valence-electron chi connectivity index (χ1n) is 6.85. The monoisotopic (exact) mass is 304 g/mol. The quantitative estimate of drug-likeness (QED) is 0.787. The highest BCUT2D eigenvalue weighted by Gasteiger charge is 2.58. The van der Waals surface area contributed by atoms with Crippen molar-refractivity contribution in [1.29, 1.82) is 0 Å². The van der Waals surface area contributed by atoms with Crippen molar-refractivity contribution in [3.8, 4) is 0 Å². The molecule has 8 heteroatoms. The van der Waals surface area contributed by atoms with Gasteiger partial charge in [0, 0.05) is 18.7 Å². The van der Waals surface area contributed by atoms with Crippen molar-refractivity contribution in [1.82, 2.24) is 9.78 Å². The molecule has 1 fully saturated rings. The molecule has 1 saturated heterocycles. The summed E-state index contributed by atoms with van der Waals surface area (Å²) in [5.74, 6) is 0.0866. The van der Waals surface area contributed by atoms with Gasteiger partial charge in [0.1, 0.15) is 0 Å². The lowest BCUT2D eigenvalue weighted by Gasteiger charge is -2.39. The van der Waals surface area contributed by atoms with Crippen LogP contribution in [0.5, 0.6) is 0 Å². The van der Waals surface area contributed by atoms with Gasteiger partial charge in [-0.2, -0.15) is 18.3 Å². The molecule has 0 bridgehead atoms. The van der Waals surface area contributed by atoms with Crippen LogP contribution in [-0.2, 0) is 22.5 Å². The maximum Gasteiger partial charge on any atom is 0.498 e. The Morgan fingerprint density at radius 2 is 1.81 bits per heavy atom. The van der Waals surface area contributed by atoms with Crippen molar-refractivity contribution in [2.45, 2.75) is 52.0 Å². The van der Waals surface area contributed by atoms with E-state index < -0.39 is 30.2 Å². The van der Waals surface area contributed by atoms with Crippen molar-refractivity contribution >= 4 is 12.6 Å². The summed E-state index contributed by atoms with van der Waals surface area (Å²) in [7, 11) is 0.373. The standard InChI is InChI=1S/C13H20BF3N2O2/c1-8(2)12(5)11(3,4)20-14(21-12)9-7-19(6)18-10(9)13(15,16)17/h7-8H,1-6H3. The highest BCUT2D eigenvalue weighted by Crippen LogP contribution is 2.42. The van der Waals surface area contributed by atoms with Gasteiger partial charge in [-0.15, -0.1) is 0 Å². The second-order valence-corrected chi connectivity index (χ2v) is 6.44. The van der Waals surface area contributed by atoms with Gasteiger partial charge in [-0.05, 0) is 26.7 Å². The lowest BCUT2D eigenvalue weighted by molar-refractivity contribution is -0.140. The maximum atomic E-state index is 13.1. The summed E-state index contributed by atoms with van der Waals surface area (Å²) in [6.45, 7) is 9.44. The topological polar surface area (TPSA) is 36.3 Å². The molecule has 118 valence electrons. The molecule has 2 heterocycles. The van der Waals surface area contributed by atoms with Crippen LogP contribution in [0.15, 0.2) is 6.20 Å². The molecule has 1 aromatic rings. The Kier molecular flexibility index (Phi) is 3.69. The molecule has 2 rings (SSSR count). The summed E-state index contributed by atoms with van der Waals surface area (Å²) in [6, 6.07) is 0. The number of rotatable bonds is 2. The molecule has 1 aromatic heterocycles. The minimum Gasteiger partial charge on any atom is -0.399 e. The summed E-state index contributed by atoms with van der Waals surface area (Å²) in [4.78, 5) is 0. The van der Waals surface area contributed by atoms with Crippen LogP contribution < -0.4 is 5.46 Å². The summed E-state index contributed by atoms with van der Waals surface area (Å²) >= 11 is 0. The van der Waals surface area contributed by atoms with Crippen molar-refractivity contribution in [3.63, 3.8) is 0 Å². The average molecular weight is 304 g/mol. The first-order valence-corrected chi connectivity index (χ1v) is 6.85. The zero-order valence-corrected chi connectivity index (χ0v) is 13.1. The molecule has 0 saturated carbocycles. The molecule has 4 nitrogen and oxygen atoms in total. The summed E-state index contributed by atoms with van der Waals surface area (Å²) < 4.78 is 52.0. The summed E-state index contributed by atoms with van der Waals surface area (Å²) in [5.41, 5.74) is -2.43. The van der Waals surface area contributed by atoms with E-state index in [0.29, 0.717) is 0 Å². The number of hydrogen-bond acceptors (Lipinski definition) is 3. The van der Waals surface area contributed by atoms with E-state index in [1.807, 2.05) is 34.6 Å². The van der Waals surface area contributed by atoms with Crippen LogP contribution in [0.25, 0.3) is 0 Å². The van der Waals surface area contributed by atoms with Crippen LogP contribution in [0.3, 0.4) is 0 Å². The number of hydrogen-bond donors (Lipinski definition) is 0. The second kappa shape index (κ2) is 4.74. The van der Waals surface area contributed by atoms with E-state index in [4.69, 9.17) is 9.31 Å². The molecule has 21 heavy (non-hydrogen) atoms. The van der Waals surface area contributed by atoms with Crippen molar-refractivity contribution < 1.29 is 22.5 Å². The summed E-state index contributed by atoms with van der Waals surface area (Å²) in [5, 5.41) is 3.50. The smallest absolute Gasteiger partial charge is 0.399 e. The van der Waals surface area contributed by atoms with E-state index in [1.54, 1.807) is 0 Å². The van der Waals surface area contributed by atoms with Gasteiger partial charge >= 0.3 is 13.3 Å². The Bertz CT molecular complexity index is 542. The fourth-order valence-corrected chi connectivity index (χ4v) is 2.63. The fourth-order valence-electron chi connectivity index (χ4n) is 2.63. The molecule has 0 N–H and O–H groups in total. The third-order valence-electron chi connectivity index (χ3n) is 4.43. The predicted molar refractivity (Wildman–Crippen MR) is 73.1 cm³/mol. The molecular weight excluding hydrogens is 284 g/mol. The molecule has 1 atom stereocenters. The number of nitrogens with zero attached hydrogens (tertiary/aromatic N) is 2. The number of aryl methyl sites for hydroxylation is 1. The first-order chi connectivity index (χ1) is 9.38. The Morgan fingerprint density at radius 1 is 1.24 bits per heavy atom. The molecule has 0 aliphatic carbocycles. The van der Waals surface area contributed by atoms with Crippen molar-refractivity contribution in [2.75, 3.05) is 0 Å². The average Bonchev–Trinajstić information content (AvgIpc) is 2.78. The third-order valence-corrected chi connectivity index (χ3v) is 4.43. The van der Waals surface area contributed by atoms with Gasteiger partial charge < -0.3 is 9.31 Å². The van der Waals surface area contributed by atoms with Crippen LogP contribution in [-0.4, -0.2) is 28.1 Å². The zero-order chi connectivity index (χ0) is 16.2. The Labute approximate surface area is 122 Å². The molecule has 0 spiro atoms. The number of alkyl halides is 3. The van der Waals surface area contributed by atoms with Gasteiger partial charge in [-0.1, -0.05) is 13.8 Å². The Hall–Kier alpha value is -1.02. The van der Waals surface area contributed by atoms with Crippen LogP contribution >= 0.6 is 0 Å². The van der Waals surface area contributed by atoms with E-state index in [2.05, 4.69) is 5.10 Å². The Balaban J connectivity index is 2.43. The molecule has 1 unspecified atom stereocenters. The lowest BCUT2D eigenvalue weighted by Crippen LogP contribution is -2.48. The van der Waals surface area contributed by atoms with Gasteiger partial charge in [0.2, 0.25) is 0 Å². The highest BCUT2D eigenvalue weighted by molar-refractivity contribution is 6.62. The maximum absolute atomic E-state index is 13.1. The third kappa shape index (κ3) is 2.59. The van der Waals surface area contributed by atoms with Crippen molar-refractivity contribution in [3.05, 3.63) is 11.9 Å². The van der Waals surface area contributed by atoms with Gasteiger partial charge in [-0.25, -0.2) is 0 Å². The molecule has 1 aliphatic rings. The van der Waals surface area contributed by atoms with E-state index in [-0.39, 0.29) is 11.4 Å². The molecular formula is C13H20BF3N2O2. The van der Waals surface area contributed by atoms with Crippen LogP contribution in [0.4, 0.5) is 13.2 Å². The van der Waals surface area contributed by atoms with Crippen LogP contribution in [0.1, 0.15) is 40.3 Å². The van der Waals surface area contributed by atoms with Crippen molar-refractivity contribution in [2.24, 2.45) is 13.0 Å². The van der Waals surface area contributed by atoms with E-state index >= 15 is 0 Å². The van der Waals surface area contributed by atoms with Gasteiger partial charge in [0.15, 0.2) is 5.69 Å². The highest BCUT2D eigenvalue weighted by atomic mass is 19.4. The minimum absolute atomic E-state index is 0.0811. The molecule has 0 radical (unpaired) electrons. The van der Waals surface area contributed by atoms with Gasteiger partial charge in [-0.3, -0.25) is 4.68 Å². The number of halogens is 3. The minimum atomic E-state index is -4.54. The van der Waals surface area contributed by atoms with E-state index in [9.17, 15) is 13.2 Å². The molecule has 1 aliphatic heterocycles. The van der Waals surface area contributed by atoms with Crippen LogP contribution in [0.2, 0.25) is 0 Å². The first kappa shape index (κ1) is 16.4. The predicted octanol–water partition coefficient (Wildman–Crippen LogP) is 2.37. The lowest BCUT2D eigenvalue weighted by atomic mass is 9.78. The molecule has 0 amide bonds. The Morgan fingerprint density at radius 3 is 2.24 bits per heavy atom. The van der Waals surface area contributed by atoms with Gasteiger partial charge in [0.25, 0.3) is 0 Å². The van der Waals surface area contributed by atoms with Crippen LogP contribution in [0, 0.1) is 5.92 Å².